The number of hydrogen-bond donors (Lipinski definition) is 2. The van der Waals surface area contributed by atoms with E-state index in [1.807, 2.05) is 29.2 Å². The topological polar surface area (TPSA) is 84.7 Å². The van der Waals surface area contributed by atoms with E-state index in [4.69, 9.17) is 10.5 Å². The second-order valence-electron chi connectivity index (χ2n) is 11.2. The van der Waals surface area contributed by atoms with Crippen molar-refractivity contribution in [1.82, 2.24) is 10.2 Å². The fourth-order valence-electron chi connectivity index (χ4n) is 6.58. The second kappa shape index (κ2) is 14.3. The first-order valence-electron chi connectivity index (χ1n) is 14.5. The molecule has 206 valence electrons. The number of carbonyl (C=O) groups is 2. The molecule has 0 aromatic heterocycles. The smallest absolute Gasteiger partial charge is 0.221 e. The van der Waals surface area contributed by atoms with Crippen LogP contribution in [0.25, 0.3) is 0 Å². The van der Waals surface area contributed by atoms with Gasteiger partial charge in [0.15, 0.2) is 0 Å². The van der Waals surface area contributed by atoms with Gasteiger partial charge < -0.3 is 20.7 Å². The molecule has 6 nitrogen and oxygen atoms in total. The number of primary amides is 1. The molecule has 2 amide bonds. The van der Waals surface area contributed by atoms with Gasteiger partial charge in [0.05, 0.1) is 13.0 Å². The summed E-state index contributed by atoms with van der Waals surface area (Å²) in [5.74, 6) is 2.36. The molecule has 6 heteroatoms. The van der Waals surface area contributed by atoms with E-state index in [0.29, 0.717) is 30.4 Å². The summed E-state index contributed by atoms with van der Waals surface area (Å²) in [5, 5.41) is 4.01. The van der Waals surface area contributed by atoms with Crippen molar-refractivity contribution >= 4 is 11.8 Å². The average Bonchev–Trinajstić information content (AvgIpc) is 2.93. The summed E-state index contributed by atoms with van der Waals surface area (Å²) in [7, 11) is 0. The summed E-state index contributed by atoms with van der Waals surface area (Å²) < 4.78 is 6.02. The van der Waals surface area contributed by atoms with Crippen LogP contribution < -0.4 is 15.8 Å². The fraction of sp³-hybridized carbons (Fsp3) is 0.562. The maximum absolute atomic E-state index is 12.0. The number of nitrogens with one attached hydrogen (secondary N) is 1. The molecule has 0 radical (unpaired) electrons. The van der Waals surface area contributed by atoms with E-state index in [-0.39, 0.29) is 18.2 Å². The Morgan fingerprint density at radius 3 is 2.39 bits per heavy atom. The zero-order valence-corrected chi connectivity index (χ0v) is 22.9. The number of hydrogen-bond acceptors (Lipinski definition) is 4. The van der Waals surface area contributed by atoms with Crippen LogP contribution in [-0.4, -0.2) is 49.0 Å². The highest BCUT2D eigenvalue weighted by molar-refractivity contribution is 5.76. The van der Waals surface area contributed by atoms with Crippen LogP contribution in [0.3, 0.4) is 0 Å². The van der Waals surface area contributed by atoms with Crippen LogP contribution in [0.2, 0.25) is 0 Å². The molecule has 1 aliphatic carbocycles. The molecule has 0 spiro atoms. The Morgan fingerprint density at radius 1 is 0.974 bits per heavy atom. The number of nitrogens with two attached hydrogens (primary N) is 1. The fourth-order valence-corrected chi connectivity index (χ4v) is 6.58. The first kappa shape index (κ1) is 28.2. The SMILES string of the molecule is CC(=O)N1CCC(C(NCCCOc2cccc(CC(N)=O)c2)C(c2ccccc2)C2CCCCC2)CC1. The summed E-state index contributed by atoms with van der Waals surface area (Å²) in [5.41, 5.74) is 7.67. The first-order chi connectivity index (χ1) is 18.5. The molecule has 2 fully saturated rings. The Balaban J connectivity index is 1.42. The van der Waals surface area contributed by atoms with Crippen molar-refractivity contribution in [2.75, 3.05) is 26.2 Å². The monoisotopic (exact) mass is 519 g/mol. The van der Waals surface area contributed by atoms with Gasteiger partial charge in [0.25, 0.3) is 0 Å². The van der Waals surface area contributed by atoms with Crippen LogP contribution in [0.15, 0.2) is 54.6 Å². The zero-order chi connectivity index (χ0) is 26.7. The quantitative estimate of drug-likeness (QED) is 0.384. The Bertz CT molecular complexity index is 1010. The van der Waals surface area contributed by atoms with Crippen molar-refractivity contribution in [3.63, 3.8) is 0 Å². The number of likely N-dealkylation sites (tertiary alicyclic amines) is 1. The van der Waals surface area contributed by atoms with E-state index in [0.717, 1.165) is 50.2 Å². The van der Waals surface area contributed by atoms with Gasteiger partial charge in [-0.1, -0.05) is 61.7 Å². The third-order valence-electron chi connectivity index (χ3n) is 8.47. The summed E-state index contributed by atoms with van der Waals surface area (Å²) in [6.07, 6.45) is 9.83. The molecule has 38 heavy (non-hydrogen) atoms. The number of rotatable bonds is 12. The summed E-state index contributed by atoms with van der Waals surface area (Å²) in [6, 6.07) is 19.1. The van der Waals surface area contributed by atoms with Crippen molar-refractivity contribution in [3.05, 3.63) is 65.7 Å². The van der Waals surface area contributed by atoms with Crippen molar-refractivity contribution in [2.24, 2.45) is 17.6 Å². The summed E-state index contributed by atoms with van der Waals surface area (Å²) in [6.45, 7) is 4.90. The van der Waals surface area contributed by atoms with Gasteiger partial charge in [-0.3, -0.25) is 9.59 Å². The van der Waals surface area contributed by atoms with Gasteiger partial charge in [-0.2, -0.15) is 0 Å². The highest BCUT2D eigenvalue weighted by Gasteiger charge is 2.37. The lowest BCUT2D eigenvalue weighted by Gasteiger charge is -2.43. The van der Waals surface area contributed by atoms with Gasteiger partial charge in [0, 0.05) is 32.0 Å². The molecular weight excluding hydrogens is 474 g/mol. The van der Waals surface area contributed by atoms with Crippen molar-refractivity contribution in [2.45, 2.75) is 76.7 Å². The highest BCUT2D eigenvalue weighted by atomic mass is 16.5. The molecule has 2 aromatic rings. The predicted molar refractivity (Wildman–Crippen MR) is 152 cm³/mol. The van der Waals surface area contributed by atoms with Gasteiger partial charge in [-0.15, -0.1) is 0 Å². The number of ether oxygens (including phenoxy) is 1. The Labute approximate surface area is 228 Å². The Kier molecular flexibility index (Phi) is 10.6. The number of carbonyl (C=O) groups excluding carboxylic acids is 2. The van der Waals surface area contributed by atoms with Crippen molar-refractivity contribution < 1.29 is 14.3 Å². The minimum atomic E-state index is -0.336. The van der Waals surface area contributed by atoms with Crippen LogP contribution in [0.4, 0.5) is 0 Å². The van der Waals surface area contributed by atoms with Crippen molar-refractivity contribution in [3.8, 4) is 5.75 Å². The number of nitrogens with zero attached hydrogens (tertiary/aromatic N) is 1. The summed E-state index contributed by atoms with van der Waals surface area (Å²) in [4.78, 5) is 25.2. The molecule has 2 atom stereocenters. The number of benzene rings is 2. The largest absolute Gasteiger partial charge is 0.494 e. The lowest BCUT2D eigenvalue weighted by atomic mass is 9.69. The Hall–Kier alpha value is -2.86. The van der Waals surface area contributed by atoms with Crippen LogP contribution in [0, 0.1) is 11.8 Å². The lowest BCUT2D eigenvalue weighted by Crippen LogP contribution is -2.49. The molecule has 2 aromatic carbocycles. The van der Waals surface area contributed by atoms with E-state index < -0.39 is 0 Å². The van der Waals surface area contributed by atoms with E-state index in [1.165, 1.54) is 37.7 Å². The average molecular weight is 520 g/mol. The molecule has 4 rings (SSSR count). The third kappa shape index (κ3) is 8.07. The number of amides is 2. The molecule has 2 aliphatic rings. The van der Waals surface area contributed by atoms with E-state index in [9.17, 15) is 9.59 Å². The predicted octanol–water partition coefficient (Wildman–Crippen LogP) is 5.06. The van der Waals surface area contributed by atoms with E-state index in [2.05, 4.69) is 35.6 Å². The summed E-state index contributed by atoms with van der Waals surface area (Å²) >= 11 is 0. The van der Waals surface area contributed by atoms with Gasteiger partial charge in [-0.25, -0.2) is 0 Å². The van der Waals surface area contributed by atoms with Crippen LogP contribution in [-0.2, 0) is 16.0 Å². The normalized spacial score (nSPS) is 18.6. The van der Waals surface area contributed by atoms with E-state index >= 15 is 0 Å². The van der Waals surface area contributed by atoms with Gasteiger partial charge in [0.2, 0.25) is 11.8 Å². The third-order valence-corrected chi connectivity index (χ3v) is 8.47. The Morgan fingerprint density at radius 2 is 1.71 bits per heavy atom. The molecule has 2 unspecified atom stereocenters. The lowest BCUT2D eigenvalue weighted by molar-refractivity contribution is -0.130. The zero-order valence-electron chi connectivity index (χ0n) is 22.9. The van der Waals surface area contributed by atoms with Crippen molar-refractivity contribution in [1.29, 1.82) is 0 Å². The van der Waals surface area contributed by atoms with Crippen LogP contribution in [0.5, 0.6) is 5.75 Å². The molecule has 1 saturated carbocycles. The molecular formula is C32H45N3O3. The standard InChI is InChI=1S/C32H45N3O3/c1-24(36)35-19-16-28(17-20-35)32(31(26-11-4-2-5-12-26)27-13-6-3-7-14-27)34-18-9-21-38-29-15-8-10-25(22-29)23-30(33)37/h2,4-5,8,10-12,15,22,27-28,31-32,34H,3,6-7,9,13-14,16-21,23H2,1H3,(H2,33,37). The minimum Gasteiger partial charge on any atom is -0.494 e. The van der Waals surface area contributed by atoms with Crippen LogP contribution in [0.1, 0.15) is 75.3 Å². The molecule has 1 heterocycles. The van der Waals surface area contributed by atoms with Gasteiger partial charge in [-0.05, 0) is 73.7 Å². The molecule has 3 N–H and O–H groups in total. The molecule has 0 bridgehead atoms. The van der Waals surface area contributed by atoms with E-state index in [1.54, 1.807) is 6.92 Å². The maximum Gasteiger partial charge on any atom is 0.221 e. The molecule has 1 saturated heterocycles. The highest BCUT2D eigenvalue weighted by Crippen LogP contribution is 2.42. The number of piperidine rings is 1. The molecule has 1 aliphatic heterocycles. The van der Waals surface area contributed by atoms with Gasteiger partial charge in [0.1, 0.15) is 5.75 Å². The van der Waals surface area contributed by atoms with Gasteiger partial charge >= 0.3 is 0 Å². The first-order valence-corrected chi connectivity index (χ1v) is 14.5. The van der Waals surface area contributed by atoms with Crippen LogP contribution >= 0.6 is 0 Å². The second-order valence-corrected chi connectivity index (χ2v) is 11.2. The maximum atomic E-state index is 12.0. The minimum absolute atomic E-state index is 0.192.